The van der Waals surface area contributed by atoms with Gasteiger partial charge in [0.25, 0.3) is 0 Å². The first-order valence-corrected chi connectivity index (χ1v) is 20.6. The smallest absolute Gasteiger partial charge is 0.0485 e. The van der Waals surface area contributed by atoms with Crippen molar-refractivity contribution in [1.82, 2.24) is 15.2 Å². The number of nitrogens with zero attached hydrogens (tertiary/aromatic N) is 2. The second-order valence-corrected chi connectivity index (χ2v) is 17.6. The van der Waals surface area contributed by atoms with Crippen molar-refractivity contribution in [3.05, 3.63) is 62.1 Å². The van der Waals surface area contributed by atoms with Crippen molar-refractivity contribution < 1.29 is 9.53 Å². The zero-order valence-electron chi connectivity index (χ0n) is 25.7. The van der Waals surface area contributed by atoms with Crippen molar-refractivity contribution in [2.45, 2.75) is 63.5 Å². The van der Waals surface area contributed by atoms with Gasteiger partial charge in [0.1, 0.15) is 0 Å². The number of hydrogen-bond acceptors (Lipinski definition) is 5. The zero-order chi connectivity index (χ0) is 29.5. The standard InChI is InChI=1S/C33H47IN4O3/c1-7-38(28-12-16-41-17-13-28)31-20-26(9-8-25-10-14-37(6)15-11-25)19-29(24(31)3)32(39)35-22-30-23(2)18-27(21-34(4)5)36-33(30)40/h18-20,25,28H,7,10-17,21-22H2,1-6H3,(H,35,39)(H,36,40). The minimum absolute atomic E-state index is 0.107. The molecule has 0 atom stereocenters. The summed E-state index contributed by atoms with van der Waals surface area (Å²) in [4.78, 5) is 39.0. The van der Waals surface area contributed by atoms with Crippen molar-refractivity contribution in [2.75, 3.05) is 54.7 Å². The number of aromatic nitrogens is 1. The molecular formula is C33H47IN4O3. The van der Waals surface area contributed by atoms with Gasteiger partial charge in [0.05, 0.1) is 0 Å². The number of aryl methyl sites for hydroxylation is 1. The first kappa shape index (κ1) is 31.6. The number of likely N-dealkylation sites (tertiary alicyclic amines) is 1. The third-order valence-electron chi connectivity index (χ3n) is 8.30. The molecule has 1 aromatic carbocycles. The SMILES string of the molecule is CCN(c1cc(C#CC2CCN(C)CC2)cc(C(=O)NCc2c(C)cc(CI(C)C)[nH]c2=O)c1C)C1CCOCC1. The molecule has 0 radical (unpaired) electrons. The molecule has 7 nitrogen and oxygen atoms in total. The van der Waals surface area contributed by atoms with Gasteiger partial charge in [-0.15, -0.1) is 0 Å². The molecule has 41 heavy (non-hydrogen) atoms. The fourth-order valence-corrected chi connectivity index (χ4v) is 7.95. The number of anilines is 1. The summed E-state index contributed by atoms with van der Waals surface area (Å²) in [7, 11) is 2.16. The Bertz CT molecular complexity index is 1330. The number of piperidine rings is 1. The second-order valence-electron chi connectivity index (χ2n) is 11.7. The topological polar surface area (TPSA) is 77.7 Å². The summed E-state index contributed by atoms with van der Waals surface area (Å²) in [6.45, 7) is 10.9. The molecule has 2 aliphatic heterocycles. The third kappa shape index (κ3) is 8.36. The van der Waals surface area contributed by atoms with E-state index >= 15 is 0 Å². The molecule has 0 aliphatic carbocycles. The molecule has 4 rings (SSSR count). The van der Waals surface area contributed by atoms with E-state index in [4.69, 9.17) is 4.74 Å². The van der Waals surface area contributed by atoms with Crippen LogP contribution >= 0.6 is 19.8 Å². The van der Waals surface area contributed by atoms with E-state index in [1.165, 1.54) is 0 Å². The number of amides is 1. The number of pyridine rings is 1. The number of alkyl halides is 3. The number of hydrogen-bond donors (Lipinski definition) is 2. The molecule has 8 heteroatoms. The molecule has 2 N–H and O–H groups in total. The molecule has 2 saturated heterocycles. The van der Waals surface area contributed by atoms with Gasteiger partial charge in [-0.1, -0.05) is 5.92 Å². The molecule has 0 saturated carbocycles. The van der Waals surface area contributed by atoms with E-state index < -0.39 is 19.8 Å². The Morgan fingerprint density at radius 2 is 1.85 bits per heavy atom. The van der Waals surface area contributed by atoms with Gasteiger partial charge in [0.2, 0.25) is 0 Å². The van der Waals surface area contributed by atoms with Gasteiger partial charge < -0.3 is 9.64 Å². The Balaban J connectivity index is 1.63. The number of carbonyl (C=O) groups is 1. The van der Waals surface area contributed by atoms with E-state index in [-0.39, 0.29) is 18.0 Å². The number of aromatic amines is 1. The summed E-state index contributed by atoms with van der Waals surface area (Å²) < 4.78 is 6.61. The van der Waals surface area contributed by atoms with Gasteiger partial charge in [-0.05, 0) is 52.7 Å². The third-order valence-corrected chi connectivity index (χ3v) is 10.6. The van der Waals surface area contributed by atoms with Crippen molar-refractivity contribution in [3.8, 4) is 11.8 Å². The van der Waals surface area contributed by atoms with Crippen LogP contribution < -0.4 is 15.8 Å². The van der Waals surface area contributed by atoms with E-state index in [0.29, 0.717) is 23.1 Å². The summed E-state index contributed by atoms with van der Waals surface area (Å²) in [6, 6.07) is 6.53. The van der Waals surface area contributed by atoms with Crippen LogP contribution in [0.3, 0.4) is 0 Å². The summed E-state index contributed by atoms with van der Waals surface area (Å²) >= 11 is -1.01. The first-order chi connectivity index (χ1) is 19.7. The van der Waals surface area contributed by atoms with E-state index in [2.05, 4.69) is 67.9 Å². The van der Waals surface area contributed by atoms with Gasteiger partial charge in [0, 0.05) is 31.7 Å². The maximum absolute atomic E-state index is 13.7. The number of benzene rings is 1. The molecular weight excluding hydrogens is 627 g/mol. The average Bonchev–Trinajstić information content (AvgIpc) is 2.94. The van der Waals surface area contributed by atoms with Gasteiger partial charge in [0.15, 0.2) is 0 Å². The molecule has 3 heterocycles. The maximum Gasteiger partial charge on any atom is 0.0485 e. The fraction of sp³-hybridized carbons (Fsp3) is 0.576. The Labute approximate surface area is 253 Å². The summed E-state index contributed by atoms with van der Waals surface area (Å²) in [6.07, 6.45) is 4.09. The van der Waals surface area contributed by atoms with Crippen LogP contribution in [0.5, 0.6) is 0 Å². The van der Waals surface area contributed by atoms with Crippen LogP contribution in [0.25, 0.3) is 0 Å². The van der Waals surface area contributed by atoms with E-state index in [1.54, 1.807) is 0 Å². The molecule has 1 aromatic heterocycles. The van der Waals surface area contributed by atoms with Crippen LogP contribution in [0.2, 0.25) is 0 Å². The number of carbonyl (C=O) groups excluding carboxylic acids is 1. The van der Waals surface area contributed by atoms with E-state index in [1.807, 2.05) is 19.9 Å². The number of rotatable bonds is 8. The Morgan fingerprint density at radius 3 is 2.49 bits per heavy atom. The van der Waals surface area contributed by atoms with Crippen LogP contribution in [0.15, 0.2) is 23.0 Å². The number of H-pyrrole nitrogens is 1. The van der Waals surface area contributed by atoms with Crippen LogP contribution in [0.1, 0.15) is 70.9 Å². The molecule has 224 valence electrons. The zero-order valence-corrected chi connectivity index (χ0v) is 27.8. The largest absolute Gasteiger partial charge is 0.381 e. The van der Waals surface area contributed by atoms with Crippen molar-refractivity contribution in [2.24, 2.45) is 5.92 Å². The Hall–Kier alpha value is -2.35. The second kappa shape index (κ2) is 14.7. The minimum atomic E-state index is -1.01. The first-order valence-electron chi connectivity index (χ1n) is 14.8. The molecule has 1 amide bonds. The van der Waals surface area contributed by atoms with Crippen LogP contribution in [0.4, 0.5) is 5.69 Å². The average molecular weight is 675 g/mol. The van der Waals surface area contributed by atoms with Crippen LogP contribution in [0, 0.1) is 31.6 Å². The predicted octanol–water partition coefficient (Wildman–Crippen LogP) is 4.89. The number of halogens is 1. The van der Waals surface area contributed by atoms with Crippen LogP contribution in [-0.2, 0) is 15.7 Å². The van der Waals surface area contributed by atoms with Gasteiger partial charge in [-0.25, -0.2) is 0 Å². The Kier molecular flexibility index (Phi) is 11.3. The summed E-state index contributed by atoms with van der Waals surface area (Å²) in [5.74, 6) is 7.15. The molecule has 2 fully saturated rings. The Morgan fingerprint density at radius 1 is 1.15 bits per heavy atom. The number of ether oxygens (including phenoxy) is 1. The molecule has 0 bridgehead atoms. The molecule has 2 aromatic rings. The van der Waals surface area contributed by atoms with Gasteiger partial charge >= 0.3 is 154 Å². The van der Waals surface area contributed by atoms with Crippen molar-refractivity contribution in [1.29, 1.82) is 0 Å². The molecule has 0 spiro atoms. The van der Waals surface area contributed by atoms with E-state index in [9.17, 15) is 9.59 Å². The normalized spacial score (nSPS) is 17.1. The maximum atomic E-state index is 13.7. The van der Waals surface area contributed by atoms with Gasteiger partial charge in [-0.2, -0.15) is 0 Å². The molecule has 2 aliphatic rings. The van der Waals surface area contributed by atoms with Gasteiger partial charge in [-0.3, -0.25) is 0 Å². The number of nitrogens with one attached hydrogen (secondary N) is 2. The molecule has 0 unspecified atom stereocenters. The minimum Gasteiger partial charge on any atom is -0.381 e. The van der Waals surface area contributed by atoms with Crippen LogP contribution in [-0.4, -0.2) is 71.6 Å². The summed E-state index contributed by atoms with van der Waals surface area (Å²) in [5, 5.41) is 3.06. The monoisotopic (exact) mass is 674 g/mol. The predicted molar refractivity (Wildman–Crippen MR) is 178 cm³/mol. The van der Waals surface area contributed by atoms with E-state index in [0.717, 1.165) is 91.0 Å². The van der Waals surface area contributed by atoms with Crippen molar-refractivity contribution >= 4 is 31.4 Å². The van der Waals surface area contributed by atoms with Crippen molar-refractivity contribution in [3.63, 3.8) is 0 Å². The fourth-order valence-electron chi connectivity index (χ4n) is 5.89. The quantitative estimate of drug-likeness (QED) is 0.237. The summed E-state index contributed by atoms with van der Waals surface area (Å²) in [5.41, 5.74) is 5.94.